The van der Waals surface area contributed by atoms with E-state index in [1.165, 1.54) is 16.4 Å². The van der Waals surface area contributed by atoms with Gasteiger partial charge in [-0.15, -0.1) is 17.9 Å². The highest BCUT2D eigenvalue weighted by Crippen LogP contribution is 2.33. The quantitative estimate of drug-likeness (QED) is 0.751. The number of thiophene rings is 1. The number of carboxylic acids is 1. The lowest BCUT2D eigenvalue weighted by Crippen LogP contribution is -2.31. The van der Waals surface area contributed by atoms with E-state index in [4.69, 9.17) is 5.11 Å². The standard InChI is InChI=1S/C11H14BrNO4S2/c1-3-5-13(6-4-2)19(16,17)9-7-8(11(14)15)18-10(9)12/h3,7H,1,4-6H2,2H3,(H,14,15). The van der Waals surface area contributed by atoms with Crippen LogP contribution in [0.2, 0.25) is 0 Å². The van der Waals surface area contributed by atoms with E-state index in [0.717, 1.165) is 11.3 Å². The molecule has 1 aromatic rings. The SMILES string of the molecule is C=CCN(CCC)S(=O)(=O)c1cc(C(=O)O)sc1Br. The molecule has 1 heterocycles. The van der Waals surface area contributed by atoms with E-state index in [1.54, 1.807) is 0 Å². The Bertz CT molecular complexity index is 580. The Morgan fingerprint density at radius 2 is 2.26 bits per heavy atom. The maximum Gasteiger partial charge on any atom is 0.345 e. The highest BCUT2D eigenvalue weighted by Gasteiger charge is 2.28. The van der Waals surface area contributed by atoms with Gasteiger partial charge in [0.2, 0.25) is 10.0 Å². The van der Waals surface area contributed by atoms with Gasteiger partial charge in [-0.05, 0) is 28.4 Å². The summed E-state index contributed by atoms with van der Waals surface area (Å²) in [6, 6.07) is 1.18. The molecule has 19 heavy (non-hydrogen) atoms. The van der Waals surface area contributed by atoms with Crippen molar-refractivity contribution in [3.8, 4) is 0 Å². The van der Waals surface area contributed by atoms with E-state index < -0.39 is 16.0 Å². The lowest BCUT2D eigenvalue weighted by molar-refractivity contribution is 0.0702. The highest BCUT2D eigenvalue weighted by molar-refractivity contribution is 9.11. The Hall–Kier alpha value is -0.700. The van der Waals surface area contributed by atoms with Gasteiger partial charge in [-0.1, -0.05) is 13.0 Å². The average Bonchev–Trinajstić information content (AvgIpc) is 2.72. The lowest BCUT2D eigenvalue weighted by atomic mass is 10.5. The molecule has 0 amide bonds. The van der Waals surface area contributed by atoms with Crippen molar-refractivity contribution in [1.82, 2.24) is 4.31 Å². The van der Waals surface area contributed by atoms with Gasteiger partial charge < -0.3 is 5.11 Å². The molecule has 0 atom stereocenters. The van der Waals surface area contributed by atoms with Gasteiger partial charge >= 0.3 is 5.97 Å². The molecule has 0 saturated heterocycles. The van der Waals surface area contributed by atoms with Crippen LogP contribution in [-0.4, -0.2) is 36.9 Å². The first-order chi connectivity index (χ1) is 8.84. The van der Waals surface area contributed by atoms with Gasteiger partial charge in [-0.25, -0.2) is 13.2 Å². The van der Waals surface area contributed by atoms with Crippen LogP contribution in [0.1, 0.15) is 23.0 Å². The smallest absolute Gasteiger partial charge is 0.345 e. The summed E-state index contributed by atoms with van der Waals surface area (Å²) >= 11 is 4.00. The number of aromatic carboxylic acids is 1. The van der Waals surface area contributed by atoms with Gasteiger partial charge in [-0.3, -0.25) is 0 Å². The molecule has 5 nitrogen and oxygen atoms in total. The van der Waals surface area contributed by atoms with Crippen molar-refractivity contribution in [3.05, 3.63) is 27.4 Å². The Morgan fingerprint density at radius 3 is 2.68 bits per heavy atom. The van der Waals surface area contributed by atoms with Crippen LogP contribution in [0.3, 0.4) is 0 Å². The molecule has 0 saturated carbocycles. The van der Waals surface area contributed by atoms with Crippen molar-refractivity contribution < 1.29 is 18.3 Å². The van der Waals surface area contributed by atoms with Crippen LogP contribution in [0.4, 0.5) is 0 Å². The van der Waals surface area contributed by atoms with E-state index in [2.05, 4.69) is 22.5 Å². The van der Waals surface area contributed by atoms with E-state index in [-0.39, 0.29) is 16.3 Å². The van der Waals surface area contributed by atoms with E-state index in [0.29, 0.717) is 16.8 Å². The Kier molecular flexibility index (Phi) is 5.72. The van der Waals surface area contributed by atoms with Crippen LogP contribution in [0.5, 0.6) is 0 Å². The molecule has 0 aliphatic rings. The van der Waals surface area contributed by atoms with E-state index >= 15 is 0 Å². The number of carboxylic acid groups (broad SMARTS) is 1. The molecular weight excluding hydrogens is 354 g/mol. The molecule has 0 fully saturated rings. The number of rotatable bonds is 7. The van der Waals surface area contributed by atoms with Gasteiger partial charge in [0.05, 0.1) is 3.79 Å². The first-order valence-electron chi connectivity index (χ1n) is 5.48. The van der Waals surface area contributed by atoms with Crippen molar-refractivity contribution in [2.75, 3.05) is 13.1 Å². The van der Waals surface area contributed by atoms with Gasteiger partial charge in [0.25, 0.3) is 0 Å². The third-order valence-corrected chi connectivity index (χ3v) is 6.40. The van der Waals surface area contributed by atoms with Crippen LogP contribution in [0.15, 0.2) is 27.4 Å². The second kappa shape index (κ2) is 6.65. The predicted octanol–water partition coefficient (Wildman–Crippen LogP) is 2.80. The van der Waals surface area contributed by atoms with Crippen molar-refractivity contribution in [3.63, 3.8) is 0 Å². The molecule has 1 aromatic heterocycles. The van der Waals surface area contributed by atoms with Gasteiger partial charge in [0, 0.05) is 13.1 Å². The van der Waals surface area contributed by atoms with Crippen LogP contribution < -0.4 is 0 Å². The summed E-state index contributed by atoms with van der Waals surface area (Å²) in [5.74, 6) is -1.14. The van der Waals surface area contributed by atoms with Crippen molar-refractivity contribution in [2.24, 2.45) is 0 Å². The maximum atomic E-state index is 12.4. The zero-order chi connectivity index (χ0) is 14.6. The summed E-state index contributed by atoms with van der Waals surface area (Å²) in [7, 11) is -3.71. The van der Waals surface area contributed by atoms with Crippen molar-refractivity contribution in [1.29, 1.82) is 0 Å². The third kappa shape index (κ3) is 3.65. The van der Waals surface area contributed by atoms with Gasteiger partial charge in [-0.2, -0.15) is 4.31 Å². The lowest BCUT2D eigenvalue weighted by Gasteiger charge is -2.19. The maximum absolute atomic E-state index is 12.4. The van der Waals surface area contributed by atoms with Gasteiger partial charge in [0.1, 0.15) is 9.77 Å². The summed E-state index contributed by atoms with van der Waals surface area (Å²) in [5, 5.41) is 8.90. The fourth-order valence-electron chi connectivity index (χ4n) is 1.48. The number of hydrogen-bond acceptors (Lipinski definition) is 4. The molecule has 0 aromatic carbocycles. The zero-order valence-electron chi connectivity index (χ0n) is 10.3. The molecule has 106 valence electrons. The van der Waals surface area contributed by atoms with Crippen LogP contribution in [0, 0.1) is 0 Å². The summed E-state index contributed by atoms with van der Waals surface area (Å²) in [5.41, 5.74) is 0. The van der Waals surface area contributed by atoms with Gasteiger partial charge in [0.15, 0.2) is 0 Å². The monoisotopic (exact) mass is 367 g/mol. The Balaban J connectivity index is 3.24. The van der Waals surface area contributed by atoms with Crippen molar-refractivity contribution in [2.45, 2.75) is 18.2 Å². The molecule has 0 unspecified atom stereocenters. The number of hydrogen-bond donors (Lipinski definition) is 1. The fourth-order valence-corrected chi connectivity index (χ4v) is 5.33. The molecule has 1 N–H and O–H groups in total. The number of nitrogens with zero attached hydrogens (tertiary/aromatic N) is 1. The molecular formula is C11H14BrNO4S2. The molecule has 0 spiro atoms. The van der Waals surface area contributed by atoms with E-state index in [9.17, 15) is 13.2 Å². The summed E-state index contributed by atoms with van der Waals surface area (Å²) in [4.78, 5) is 10.9. The zero-order valence-corrected chi connectivity index (χ0v) is 13.5. The van der Waals surface area contributed by atoms with Crippen LogP contribution >= 0.6 is 27.3 Å². The molecule has 0 bridgehead atoms. The van der Waals surface area contributed by atoms with Crippen LogP contribution in [0.25, 0.3) is 0 Å². The fraction of sp³-hybridized carbons (Fsp3) is 0.364. The summed E-state index contributed by atoms with van der Waals surface area (Å²) in [6.45, 7) is 5.96. The van der Waals surface area contributed by atoms with Crippen molar-refractivity contribution >= 4 is 43.3 Å². The summed E-state index contributed by atoms with van der Waals surface area (Å²) < 4.78 is 26.4. The normalized spacial score (nSPS) is 11.7. The molecule has 1 rings (SSSR count). The average molecular weight is 368 g/mol. The molecule has 0 radical (unpaired) electrons. The first-order valence-corrected chi connectivity index (χ1v) is 8.53. The molecule has 8 heteroatoms. The van der Waals surface area contributed by atoms with E-state index in [1.807, 2.05) is 6.92 Å². The minimum atomic E-state index is -3.71. The topological polar surface area (TPSA) is 74.7 Å². The predicted molar refractivity (Wildman–Crippen MR) is 78.2 cm³/mol. The minimum Gasteiger partial charge on any atom is -0.477 e. The number of halogens is 1. The highest BCUT2D eigenvalue weighted by atomic mass is 79.9. The second-order valence-corrected chi connectivity index (χ2v) is 7.98. The number of carbonyl (C=O) groups is 1. The first kappa shape index (κ1) is 16.4. The largest absolute Gasteiger partial charge is 0.477 e. The molecule has 0 aliphatic heterocycles. The number of sulfonamides is 1. The van der Waals surface area contributed by atoms with Crippen LogP contribution in [-0.2, 0) is 10.0 Å². The molecule has 0 aliphatic carbocycles. The summed E-state index contributed by atoms with van der Waals surface area (Å²) in [6.07, 6.45) is 2.17. The third-order valence-electron chi connectivity index (χ3n) is 2.29. The Morgan fingerprint density at radius 1 is 1.63 bits per heavy atom. The minimum absolute atomic E-state index is 0.00907. The Labute approximate surface area is 124 Å². The second-order valence-electron chi connectivity index (χ2n) is 3.71.